The Morgan fingerprint density at radius 3 is 2.55 bits per heavy atom. The predicted molar refractivity (Wildman–Crippen MR) is 168 cm³/mol. The number of nitrogens with zero attached hydrogens (tertiary/aromatic N) is 1. The van der Waals surface area contributed by atoms with E-state index in [-0.39, 0.29) is 24.0 Å². The number of aryl methyl sites for hydroxylation is 1. The van der Waals surface area contributed by atoms with Gasteiger partial charge in [-0.3, -0.25) is 9.11 Å². The van der Waals surface area contributed by atoms with Crippen molar-refractivity contribution in [2.75, 3.05) is 16.4 Å². The summed E-state index contributed by atoms with van der Waals surface area (Å²) in [7, 11) is -8.20. The van der Waals surface area contributed by atoms with Gasteiger partial charge in [-0.2, -0.15) is 16.8 Å². The lowest BCUT2D eigenvalue weighted by molar-refractivity contribution is 0.475. The Morgan fingerprint density at radius 2 is 1.76 bits per heavy atom. The van der Waals surface area contributed by atoms with E-state index in [1.807, 2.05) is 60.7 Å². The Hall–Kier alpha value is -2.80. The number of hydrogen-bond donors (Lipinski definition) is 2. The van der Waals surface area contributed by atoms with Crippen molar-refractivity contribution in [3.63, 3.8) is 0 Å². The molecular weight excluding hydrogens is 618 g/mol. The molecule has 0 fully saturated rings. The van der Waals surface area contributed by atoms with Gasteiger partial charge in [0.05, 0.1) is 22.2 Å². The van der Waals surface area contributed by atoms with Gasteiger partial charge in [0.15, 0.2) is 0 Å². The van der Waals surface area contributed by atoms with E-state index in [4.69, 9.17) is 16.0 Å². The molecule has 42 heavy (non-hydrogen) atoms. The number of benzene rings is 3. The minimum Gasteiger partial charge on any atom is -0.456 e. The fourth-order valence-corrected chi connectivity index (χ4v) is 8.24. The highest BCUT2D eigenvalue weighted by molar-refractivity contribution is 8.03. The molecule has 2 N–H and O–H groups in total. The summed E-state index contributed by atoms with van der Waals surface area (Å²) in [5.41, 5.74) is 3.50. The van der Waals surface area contributed by atoms with Crippen LogP contribution in [0.2, 0.25) is 5.02 Å². The van der Waals surface area contributed by atoms with Crippen LogP contribution in [-0.2, 0) is 26.7 Å². The Kier molecular flexibility index (Phi) is 7.92. The van der Waals surface area contributed by atoms with Crippen molar-refractivity contribution in [3.05, 3.63) is 87.6 Å². The van der Waals surface area contributed by atoms with Gasteiger partial charge in [0.2, 0.25) is 0 Å². The largest absolute Gasteiger partial charge is 0.456 e. The van der Waals surface area contributed by atoms with Crippen molar-refractivity contribution in [1.29, 1.82) is 0 Å². The number of anilines is 1. The molecule has 2 aliphatic rings. The van der Waals surface area contributed by atoms with E-state index in [0.29, 0.717) is 42.0 Å². The van der Waals surface area contributed by atoms with Crippen LogP contribution >= 0.6 is 23.4 Å². The van der Waals surface area contributed by atoms with Crippen LogP contribution in [0.5, 0.6) is 0 Å². The zero-order valence-corrected chi connectivity index (χ0v) is 25.6. The lowest BCUT2D eigenvalue weighted by atomic mass is 9.94. The van der Waals surface area contributed by atoms with Crippen molar-refractivity contribution < 1.29 is 30.4 Å². The molecule has 0 spiro atoms. The first-order valence-corrected chi connectivity index (χ1v) is 17.9. The summed E-state index contributed by atoms with van der Waals surface area (Å²) in [5, 5.41) is 4.55. The number of fused-ring (bicyclic) bond motifs is 6. The maximum atomic E-state index is 11.5. The van der Waals surface area contributed by atoms with Gasteiger partial charge in [-0.25, -0.2) is 0 Å². The molecule has 0 amide bonds. The molecule has 0 saturated heterocycles. The summed E-state index contributed by atoms with van der Waals surface area (Å²) in [4.78, 5) is 3.24. The van der Waals surface area contributed by atoms with Gasteiger partial charge < -0.3 is 9.32 Å². The maximum absolute atomic E-state index is 11.5. The molecule has 6 rings (SSSR count). The van der Waals surface area contributed by atoms with Crippen molar-refractivity contribution in [3.8, 4) is 0 Å². The third-order valence-corrected chi connectivity index (χ3v) is 10.5. The second-order valence-electron chi connectivity index (χ2n) is 10.6. The zero-order valence-electron chi connectivity index (χ0n) is 22.4. The fraction of sp³-hybridized carbons (Fsp3) is 0.267. The van der Waals surface area contributed by atoms with E-state index >= 15 is 0 Å². The highest BCUT2D eigenvalue weighted by Crippen LogP contribution is 2.51. The number of hydrogen-bond acceptors (Lipinski definition) is 7. The van der Waals surface area contributed by atoms with Gasteiger partial charge in [-0.15, -0.1) is 0 Å². The molecule has 0 saturated carbocycles. The molecule has 3 heterocycles. The molecule has 3 aromatic carbocycles. The van der Waals surface area contributed by atoms with Crippen LogP contribution < -0.4 is 4.90 Å². The van der Waals surface area contributed by atoms with E-state index in [2.05, 4.69) is 11.0 Å². The highest BCUT2D eigenvalue weighted by atomic mass is 35.5. The Balaban J connectivity index is 1.43. The van der Waals surface area contributed by atoms with Gasteiger partial charge in [0.25, 0.3) is 20.2 Å². The summed E-state index contributed by atoms with van der Waals surface area (Å²) >= 11 is 7.93. The quantitative estimate of drug-likeness (QED) is 0.180. The summed E-state index contributed by atoms with van der Waals surface area (Å²) < 4.78 is 70.9. The Morgan fingerprint density at radius 1 is 1.00 bits per heavy atom. The number of thioether (sulfide) groups is 1. The molecule has 4 aromatic rings. The van der Waals surface area contributed by atoms with Crippen LogP contribution in [-0.4, -0.2) is 43.5 Å². The van der Waals surface area contributed by atoms with Crippen molar-refractivity contribution in [2.45, 2.75) is 43.0 Å². The van der Waals surface area contributed by atoms with Crippen LogP contribution in [0.15, 0.2) is 80.6 Å². The summed E-state index contributed by atoms with van der Waals surface area (Å²) in [6.07, 6.45) is 6.08. The van der Waals surface area contributed by atoms with E-state index in [9.17, 15) is 25.9 Å². The van der Waals surface area contributed by atoms with Gasteiger partial charge in [-0.05, 0) is 84.9 Å². The van der Waals surface area contributed by atoms with E-state index < -0.39 is 20.2 Å². The van der Waals surface area contributed by atoms with E-state index in [1.54, 1.807) is 11.8 Å². The van der Waals surface area contributed by atoms with Gasteiger partial charge in [-0.1, -0.05) is 53.7 Å². The lowest BCUT2D eigenvalue weighted by Crippen LogP contribution is -2.35. The second-order valence-corrected chi connectivity index (χ2v) is 15.2. The second kappa shape index (κ2) is 11.4. The molecule has 12 heteroatoms. The van der Waals surface area contributed by atoms with Crippen LogP contribution in [0.1, 0.15) is 37.0 Å². The predicted octanol–water partition coefficient (Wildman–Crippen LogP) is 7.34. The van der Waals surface area contributed by atoms with E-state index in [0.717, 1.165) is 42.9 Å². The summed E-state index contributed by atoms with van der Waals surface area (Å²) in [6.45, 7) is 0. The maximum Gasteiger partial charge on any atom is 0.264 e. The molecule has 8 nitrogen and oxygen atoms in total. The summed E-state index contributed by atoms with van der Waals surface area (Å²) in [6, 6.07) is 17.5. The van der Waals surface area contributed by atoms with Crippen molar-refractivity contribution >= 4 is 77.1 Å². The number of allylic oxidation sites excluding steroid dienone is 1. The minimum atomic E-state index is -4.11. The van der Waals surface area contributed by atoms with E-state index in [1.165, 1.54) is 0 Å². The summed E-state index contributed by atoms with van der Waals surface area (Å²) in [5.74, 6) is -0.0519. The first-order valence-electron chi connectivity index (χ1n) is 13.5. The zero-order chi connectivity index (χ0) is 29.6. The molecule has 2 aliphatic heterocycles. The highest BCUT2D eigenvalue weighted by Gasteiger charge is 2.35. The number of rotatable bonds is 9. The minimum absolute atomic E-state index is 0.0848. The first-order chi connectivity index (χ1) is 19.9. The lowest BCUT2D eigenvalue weighted by Gasteiger charge is -2.35. The Bertz CT molecular complexity index is 1980. The fourth-order valence-electron chi connectivity index (χ4n) is 5.85. The van der Waals surface area contributed by atoms with Gasteiger partial charge >= 0.3 is 0 Å². The third-order valence-electron chi connectivity index (χ3n) is 7.57. The normalized spacial score (nSPS) is 18.1. The standard InChI is InChI=1S/C30H28ClNO7S3/c31-21-10-12-28-25(18-21)32-22(6-3-13-41(33,34)35)15-19(17-29(32)40-28)16-27-24(8-4-14-42(36,37)38)30-23-7-2-1-5-20(23)9-11-26(30)39-27/h1-2,5,7,9-12,16-18,22H,3-4,6,8,13-15H2,(H,33,34,35)(H,36,37,38)/b19-16+. The third kappa shape index (κ3) is 6.27. The monoisotopic (exact) mass is 645 g/mol. The molecule has 1 atom stereocenters. The average molecular weight is 646 g/mol. The number of halogens is 1. The first kappa shape index (κ1) is 29.3. The van der Waals surface area contributed by atoms with Crippen LogP contribution in [0.3, 0.4) is 0 Å². The molecule has 0 radical (unpaired) electrons. The molecule has 220 valence electrons. The molecule has 0 aliphatic carbocycles. The molecule has 1 unspecified atom stereocenters. The van der Waals surface area contributed by atoms with Crippen LogP contribution in [0, 0.1) is 0 Å². The topological polar surface area (TPSA) is 125 Å². The van der Waals surface area contributed by atoms with Gasteiger partial charge in [0.1, 0.15) is 11.3 Å². The molecule has 0 bridgehead atoms. The molecule has 1 aromatic heterocycles. The van der Waals surface area contributed by atoms with Gasteiger partial charge in [0, 0.05) is 26.9 Å². The van der Waals surface area contributed by atoms with Crippen molar-refractivity contribution in [1.82, 2.24) is 0 Å². The van der Waals surface area contributed by atoms with Crippen molar-refractivity contribution in [2.24, 2.45) is 0 Å². The van der Waals surface area contributed by atoms with Crippen LogP contribution in [0.4, 0.5) is 5.69 Å². The smallest absolute Gasteiger partial charge is 0.264 e. The average Bonchev–Trinajstić information content (AvgIpc) is 3.45. The number of furan rings is 1. The van der Waals surface area contributed by atoms with Crippen LogP contribution in [0.25, 0.3) is 27.8 Å². The Labute approximate surface area is 253 Å². The SMILES string of the molecule is O=S(=O)(O)CCCc1c(/C=C2/C=C3Sc4ccc(Cl)cc4N3C(CCCS(=O)(=O)O)C2)oc2ccc3ccccc3c12. The molecular formula is C30H28ClNO7S3.